The maximum absolute atomic E-state index is 12.6. The number of anilines is 1. The van der Waals surface area contributed by atoms with Crippen LogP contribution in [-0.4, -0.2) is 48.1 Å². The molecule has 1 aliphatic heterocycles. The molecule has 1 unspecified atom stereocenters. The lowest BCUT2D eigenvalue weighted by atomic mass is 10.2. The number of halogens is 2. The van der Waals surface area contributed by atoms with E-state index in [9.17, 15) is 4.79 Å². The van der Waals surface area contributed by atoms with Crippen LogP contribution in [0.5, 0.6) is 5.75 Å². The summed E-state index contributed by atoms with van der Waals surface area (Å²) in [6.07, 6.45) is 1.24. The van der Waals surface area contributed by atoms with E-state index in [-0.39, 0.29) is 5.91 Å². The van der Waals surface area contributed by atoms with Gasteiger partial charge in [0, 0.05) is 41.9 Å². The van der Waals surface area contributed by atoms with Gasteiger partial charge in [0.2, 0.25) is 0 Å². The first-order valence-corrected chi connectivity index (χ1v) is 9.27. The molecular formula is C18H19BrClN3O2. The number of pyridine rings is 1. The lowest BCUT2D eigenvalue weighted by Crippen LogP contribution is -2.52. The molecular weight excluding hydrogens is 406 g/mol. The number of hydrogen-bond acceptors (Lipinski definition) is 4. The van der Waals surface area contributed by atoms with Gasteiger partial charge in [0.15, 0.2) is 6.10 Å². The number of nitrogens with zero attached hydrogens (tertiary/aromatic N) is 3. The number of ether oxygens (including phenoxy) is 1. The average molecular weight is 425 g/mol. The van der Waals surface area contributed by atoms with Crippen molar-refractivity contribution in [2.75, 3.05) is 31.1 Å². The van der Waals surface area contributed by atoms with E-state index in [1.165, 1.54) is 0 Å². The van der Waals surface area contributed by atoms with Crippen molar-refractivity contribution in [3.05, 3.63) is 52.1 Å². The van der Waals surface area contributed by atoms with Gasteiger partial charge in [0.25, 0.3) is 5.91 Å². The molecule has 0 saturated carbocycles. The van der Waals surface area contributed by atoms with E-state index < -0.39 is 6.10 Å². The van der Waals surface area contributed by atoms with Crippen molar-refractivity contribution in [1.29, 1.82) is 0 Å². The Bertz CT molecular complexity index is 733. The molecule has 1 amide bonds. The zero-order valence-electron chi connectivity index (χ0n) is 13.9. The second-order valence-electron chi connectivity index (χ2n) is 5.86. The van der Waals surface area contributed by atoms with Gasteiger partial charge in [-0.15, -0.1) is 0 Å². The van der Waals surface area contributed by atoms with Crippen LogP contribution >= 0.6 is 27.5 Å². The third-order valence-electron chi connectivity index (χ3n) is 4.08. The van der Waals surface area contributed by atoms with Gasteiger partial charge in [-0.25, -0.2) is 4.98 Å². The Kier molecular flexibility index (Phi) is 5.81. The molecule has 0 spiro atoms. The Morgan fingerprint density at radius 1 is 1.24 bits per heavy atom. The fraction of sp³-hybridized carbons (Fsp3) is 0.333. The van der Waals surface area contributed by atoms with Gasteiger partial charge < -0.3 is 14.5 Å². The number of rotatable bonds is 4. The van der Waals surface area contributed by atoms with Crippen molar-refractivity contribution in [1.82, 2.24) is 9.88 Å². The Morgan fingerprint density at radius 2 is 2.00 bits per heavy atom. The standard InChI is InChI=1S/C18H19BrClN3O2/c1-13(25-16-4-2-3-15(20)11-16)18(24)23-9-7-22(8-10-23)17-6-5-14(19)12-21-17/h2-6,11-13H,7-10H2,1H3. The lowest BCUT2D eigenvalue weighted by molar-refractivity contribution is -0.138. The molecule has 1 saturated heterocycles. The summed E-state index contributed by atoms with van der Waals surface area (Å²) in [5, 5.41) is 0.591. The van der Waals surface area contributed by atoms with Crippen LogP contribution in [0.4, 0.5) is 5.82 Å². The number of amides is 1. The summed E-state index contributed by atoms with van der Waals surface area (Å²) >= 11 is 9.34. The quantitative estimate of drug-likeness (QED) is 0.752. The van der Waals surface area contributed by atoms with Gasteiger partial charge >= 0.3 is 0 Å². The Morgan fingerprint density at radius 3 is 2.64 bits per heavy atom. The summed E-state index contributed by atoms with van der Waals surface area (Å²) in [6, 6.07) is 11.0. The van der Waals surface area contributed by atoms with Crippen LogP contribution in [0, 0.1) is 0 Å². The van der Waals surface area contributed by atoms with E-state index in [1.807, 2.05) is 17.0 Å². The van der Waals surface area contributed by atoms with Gasteiger partial charge in [0.05, 0.1) is 0 Å². The molecule has 0 aliphatic carbocycles. The van der Waals surface area contributed by atoms with Crippen LogP contribution in [0.15, 0.2) is 47.1 Å². The molecule has 1 aromatic heterocycles. The monoisotopic (exact) mass is 423 g/mol. The molecule has 1 aromatic carbocycles. The van der Waals surface area contributed by atoms with E-state index in [2.05, 4.69) is 25.8 Å². The van der Waals surface area contributed by atoms with Crippen molar-refractivity contribution >= 4 is 39.3 Å². The predicted octanol–water partition coefficient (Wildman–Crippen LogP) is 3.61. The average Bonchev–Trinajstić information content (AvgIpc) is 2.62. The van der Waals surface area contributed by atoms with Crippen LogP contribution in [-0.2, 0) is 4.79 Å². The maximum atomic E-state index is 12.6. The first-order chi connectivity index (χ1) is 12.0. The fourth-order valence-electron chi connectivity index (χ4n) is 2.76. The zero-order chi connectivity index (χ0) is 17.8. The molecule has 1 fully saturated rings. The lowest BCUT2D eigenvalue weighted by Gasteiger charge is -2.36. The minimum absolute atomic E-state index is 0.0107. The van der Waals surface area contributed by atoms with E-state index in [0.717, 1.165) is 23.4 Å². The van der Waals surface area contributed by atoms with Gasteiger partial charge in [-0.2, -0.15) is 0 Å². The highest BCUT2D eigenvalue weighted by Crippen LogP contribution is 2.20. The van der Waals surface area contributed by atoms with E-state index in [1.54, 1.807) is 37.4 Å². The van der Waals surface area contributed by atoms with E-state index in [4.69, 9.17) is 16.3 Å². The highest BCUT2D eigenvalue weighted by atomic mass is 79.9. The molecule has 0 bridgehead atoms. The van der Waals surface area contributed by atoms with Crippen LogP contribution in [0.2, 0.25) is 5.02 Å². The molecule has 0 radical (unpaired) electrons. The Balaban J connectivity index is 1.54. The zero-order valence-corrected chi connectivity index (χ0v) is 16.2. The second kappa shape index (κ2) is 8.06. The minimum Gasteiger partial charge on any atom is -0.481 e. The van der Waals surface area contributed by atoms with Crippen LogP contribution in [0.3, 0.4) is 0 Å². The summed E-state index contributed by atoms with van der Waals surface area (Å²) in [7, 11) is 0. The first kappa shape index (κ1) is 18.0. The topological polar surface area (TPSA) is 45.7 Å². The molecule has 5 nitrogen and oxygen atoms in total. The Hall–Kier alpha value is -1.79. The number of benzene rings is 1. The molecule has 25 heavy (non-hydrogen) atoms. The van der Waals surface area contributed by atoms with Gasteiger partial charge in [-0.05, 0) is 53.2 Å². The smallest absolute Gasteiger partial charge is 0.263 e. The van der Waals surface area contributed by atoms with Crippen LogP contribution in [0.1, 0.15) is 6.92 Å². The highest BCUT2D eigenvalue weighted by Gasteiger charge is 2.26. The number of piperazine rings is 1. The van der Waals surface area contributed by atoms with Crippen molar-refractivity contribution in [2.24, 2.45) is 0 Å². The molecule has 132 valence electrons. The van der Waals surface area contributed by atoms with Crippen molar-refractivity contribution in [2.45, 2.75) is 13.0 Å². The summed E-state index contributed by atoms with van der Waals surface area (Å²) < 4.78 is 6.68. The summed E-state index contributed by atoms with van der Waals surface area (Å²) in [6.45, 7) is 4.58. The summed E-state index contributed by atoms with van der Waals surface area (Å²) in [5.41, 5.74) is 0. The largest absolute Gasteiger partial charge is 0.481 e. The fourth-order valence-corrected chi connectivity index (χ4v) is 3.18. The summed E-state index contributed by atoms with van der Waals surface area (Å²) in [5.74, 6) is 1.52. The third kappa shape index (κ3) is 4.64. The van der Waals surface area contributed by atoms with Gasteiger partial charge in [0.1, 0.15) is 11.6 Å². The Labute approximate surface area is 160 Å². The van der Waals surface area contributed by atoms with Crippen LogP contribution in [0.25, 0.3) is 0 Å². The molecule has 2 heterocycles. The highest BCUT2D eigenvalue weighted by molar-refractivity contribution is 9.10. The number of aromatic nitrogens is 1. The van der Waals surface area contributed by atoms with Crippen molar-refractivity contribution in [3.8, 4) is 5.75 Å². The van der Waals surface area contributed by atoms with Crippen molar-refractivity contribution < 1.29 is 9.53 Å². The molecule has 7 heteroatoms. The number of carbonyl (C=O) groups excluding carboxylic acids is 1. The summed E-state index contributed by atoms with van der Waals surface area (Å²) in [4.78, 5) is 21.0. The van der Waals surface area contributed by atoms with Crippen molar-refractivity contribution in [3.63, 3.8) is 0 Å². The molecule has 0 N–H and O–H groups in total. The third-order valence-corrected chi connectivity index (χ3v) is 4.79. The predicted molar refractivity (Wildman–Crippen MR) is 102 cm³/mol. The van der Waals surface area contributed by atoms with Gasteiger partial charge in [-0.1, -0.05) is 17.7 Å². The molecule has 3 rings (SSSR count). The van der Waals surface area contributed by atoms with E-state index >= 15 is 0 Å². The number of carbonyl (C=O) groups is 1. The number of hydrogen-bond donors (Lipinski definition) is 0. The van der Waals surface area contributed by atoms with E-state index in [0.29, 0.717) is 23.9 Å². The van der Waals surface area contributed by atoms with Gasteiger partial charge in [-0.3, -0.25) is 4.79 Å². The van der Waals surface area contributed by atoms with Crippen LogP contribution < -0.4 is 9.64 Å². The SMILES string of the molecule is CC(Oc1cccc(Cl)c1)C(=O)N1CCN(c2ccc(Br)cn2)CC1. The minimum atomic E-state index is -0.546. The molecule has 1 aliphatic rings. The molecule has 2 aromatic rings. The second-order valence-corrected chi connectivity index (χ2v) is 7.22. The molecule has 1 atom stereocenters. The first-order valence-electron chi connectivity index (χ1n) is 8.10. The maximum Gasteiger partial charge on any atom is 0.263 e. The normalized spacial score (nSPS) is 15.8.